The van der Waals surface area contributed by atoms with Gasteiger partial charge in [-0.05, 0) is 32.5 Å². The zero-order chi connectivity index (χ0) is 18.4. The lowest BCUT2D eigenvalue weighted by atomic mass is 10.1. The van der Waals surface area contributed by atoms with Crippen LogP contribution in [0.2, 0.25) is 0 Å². The van der Waals surface area contributed by atoms with Crippen molar-refractivity contribution >= 4 is 11.6 Å². The van der Waals surface area contributed by atoms with Crippen molar-refractivity contribution in [2.75, 3.05) is 45.8 Å². The van der Waals surface area contributed by atoms with Crippen LogP contribution >= 0.6 is 0 Å². The van der Waals surface area contributed by atoms with E-state index in [1.54, 1.807) is 0 Å². The van der Waals surface area contributed by atoms with Gasteiger partial charge in [0.2, 0.25) is 0 Å². The van der Waals surface area contributed by atoms with Crippen molar-refractivity contribution in [1.82, 2.24) is 15.1 Å². The predicted molar refractivity (Wildman–Crippen MR) is 93.3 cm³/mol. The number of hydrogen-bond donors (Lipinski definition) is 1. The average molecular weight is 352 g/mol. The number of rotatable bonds is 7. The van der Waals surface area contributed by atoms with Gasteiger partial charge < -0.3 is 15.1 Å². The van der Waals surface area contributed by atoms with E-state index in [0.717, 1.165) is 57.8 Å². The Bertz CT molecular complexity index is 631. The molecule has 1 fully saturated rings. The van der Waals surface area contributed by atoms with E-state index < -0.39 is 16.6 Å². The largest absolute Gasteiger partial charge is 0.352 e. The Labute approximate surface area is 146 Å². The highest BCUT2D eigenvalue weighted by Gasteiger charge is 2.19. The molecule has 0 atom stereocenters. The van der Waals surface area contributed by atoms with Gasteiger partial charge in [0.1, 0.15) is 5.82 Å². The Kier molecular flexibility index (Phi) is 6.83. The average Bonchev–Trinajstić information content (AvgIpc) is 2.60. The Morgan fingerprint density at radius 2 is 1.92 bits per heavy atom. The van der Waals surface area contributed by atoms with Gasteiger partial charge in [-0.15, -0.1) is 0 Å². The second-order valence-corrected chi connectivity index (χ2v) is 6.24. The van der Waals surface area contributed by atoms with E-state index >= 15 is 0 Å². The fourth-order valence-electron chi connectivity index (χ4n) is 2.92. The second kappa shape index (κ2) is 8.87. The zero-order valence-electron chi connectivity index (χ0n) is 14.8. The van der Waals surface area contributed by atoms with Crippen LogP contribution in [0.4, 0.5) is 10.1 Å². The molecule has 0 bridgehead atoms. The lowest BCUT2D eigenvalue weighted by Crippen LogP contribution is -2.46. The first-order valence-corrected chi connectivity index (χ1v) is 8.59. The molecule has 0 radical (unpaired) electrons. The van der Waals surface area contributed by atoms with E-state index in [0.29, 0.717) is 6.54 Å². The molecule has 138 valence electrons. The molecule has 1 aromatic rings. The topological polar surface area (TPSA) is 78.7 Å². The summed E-state index contributed by atoms with van der Waals surface area (Å²) in [5.41, 5.74) is -0.460. The molecule has 0 aliphatic carbocycles. The van der Waals surface area contributed by atoms with Gasteiger partial charge in [0.05, 0.1) is 10.5 Å². The number of piperazine rings is 1. The summed E-state index contributed by atoms with van der Waals surface area (Å²) < 4.78 is 13.8. The molecule has 1 heterocycles. The molecule has 0 aromatic heterocycles. The molecule has 1 amide bonds. The summed E-state index contributed by atoms with van der Waals surface area (Å²) >= 11 is 0. The number of halogens is 1. The fourth-order valence-corrected chi connectivity index (χ4v) is 2.92. The van der Waals surface area contributed by atoms with Crippen molar-refractivity contribution in [3.05, 3.63) is 39.2 Å². The van der Waals surface area contributed by atoms with E-state index in [9.17, 15) is 19.3 Å². The quantitative estimate of drug-likeness (QED) is 0.460. The molecule has 1 aromatic carbocycles. The van der Waals surface area contributed by atoms with E-state index in [1.807, 2.05) is 0 Å². The number of nitrogens with one attached hydrogen (secondary N) is 1. The highest BCUT2D eigenvalue weighted by molar-refractivity contribution is 5.95. The molecular formula is C17H25FN4O3. The Morgan fingerprint density at radius 3 is 2.52 bits per heavy atom. The normalized spacial score (nSPS) is 16.0. The summed E-state index contributed by atoms with van der Waals surface area (Å²) in [5, 5.41) is 13.6. The first-order chi connectivity index (χ1) is 11.9. The summed E-state index contributed by atoms with van der Waals surface area (Å²) in [7, 11) is 0. The highest BCUT2D eigenvalue weighted by Crippen LogP contribution is 2.22. The molecule has 1 aliphatic heterocycles. The first-order valence-electron chi connectivity index (χ1n) is 8.59. The summed E-state index contributed by atoms with van der Waals surface area (Å²) in [6.07, 6.45) is 0.786. The molecule has 0 unspecified atom stereocenters. The van der Waals surface area contributed by atoms with Crippen LogP contribution in [0.5, 0.6) is 0 Å². The monoisotopic (exact) mass is 352 g/mol. The number of nitro groups is 1. The molecule has 25 heavy (non-hydrogen) atoms. The van der Waals surface area contributed by atoms with E-state index in [-0.39, 0.29) is 16.8 Å². The third-order valence-electron chi connectivity index (χ3n) is 4.62. The Balaban J connectivity index is 1.80. The number of carbonyl (C=O) groups excluding carboxylic acids is 1. The van der Waals surface area contributed by atoms with Crippen molar-refractivity contribution in [3.63, 3.8) is 0 Å². The summed E-state index contributed by atoms with van der Waals surface area (Å²) in [6, 6.07) is 2.17. The second-order valence-electron chi connectivity index (χ2n) is 6.24. The van der Waals surface area contributed by atoms with Crippen LogP contribution < -0.4 is 5.32 Å². The van der Waals surface area contributed by atoms with E-state index in [4.69, 9.17) is 0 Å². The number of nitro benzene ring substituents is 1. The number of amides is 1. The minimum absolute atomic E-state index is 0.0219. The van der Waals surface area contributed by atoms with Crippen molar-refractivity contribution in [2.45, 2.75) is 20.3 Å². The Morgan fingerprint density at radius 1 is 1.28 bits per heavy atom. The lowest BCUT2D eigenvalue weighted by molar-refractivity contribution is -0.385. The van der Waals surface area contributed by atoms with E-state index in [1.165, 1.54) is 6.92 Å². The number of carbonyl (C=O) groups is 1. The minimum atomic E-state index is -0.742. The molecule has 2 rings (SSSR count). The van der Waals surface area contributed by atoms with Crippen LogP contribution in [0.1, 0.15) is 29.3 Å². The predicted octanol–water partition coefficient (Wildman–Crippen LogP) is 1.80. The van der Waals surface area contributed by atoms with Gasteiger partial charge in [0.15, 0.2) is 0 Å². The summed E-state index contributed by atoms with van der Waals surface area (Å²) in [4.78, 5) is 27.1. The maximum absolute atomic E-state index is 13.8. The van der Waals surface area contributed by atoms with Crippen LogP contribution in [0, 0.1) is 22.9 Å². The number of nitrogens with zero attached hydrogens (tertiary/aromatic N) is 3. The molecule has 1 saturated heterocycles. The standard InChI is InChI=1S/C17H25FN4O3/c1-3-20-7-9-21(10-8-20)6-4-5-19-17(23)14-11-15(18)13(2)16(12-14)22(24)25/h11-12H,3-10H2,1-2H3,(H,19,23). The third kappa shape index (κ3) is 5.20. The third-order valence-corrected chi connectivity index (χ3v) is 4.62. The number of hydrogen-bond acceptors (Lipinski definition) is 5. The van der Waals surface area contributed by atoms with Crippen LogP contribution in [0.25, 0.3) is 0 Å². The van der Waals surface area contributed by atoms with Crippen molar-refractivity contribution < 1.29 is 14.1 Å². The van der Waals surface area contributed by atoms with Gasteiger partial charge in [-0.1, -0.05) is 6.92 Å². The van der Waals surface area contributed by atoms with Crippen LogP contribution in [-0.2, 0) is 0 Å². The van der Waals surface area contributed by atoms with E-state index in [2.05, 4.69) is 22.0 Å². The number of likely N-dealkylation sites (N-methyl/N-ethyl adjacent to an activating group) is 1. The van der Waals surface area contributed by atoms with Crippen molar-refractivity contribution in [2.24, 2.45) is 0 Å². The fraction of sp³-hybridized carbons (Fsp3) is 0.588. The molecule has 0 spiro atoms. The van der Waals surface area contributed by atoms with Gasteiger partial charge in [0, 0.05) is 44.4 Å². The van der Waals surface area contributed by atoms with Gasteiger partial charge in [-0.25, -0.2) is 4.39 Å². The smallest absolute Gasteiger partial charge is 0.276 e. The van der Waals surface area contributed by atoms with Crippen LogP contribution in [0.3, 0.4) is 0 Å². The molecule has 1 aliphatic rings. The van der Waals surface area contributed by atoms with Gasteiger partial charge in [-0.3, -0.25) is 14.9 Å². The van der Waals surface area contributed by atoms with Crippen LogP contribution in [0.15, 0.2) is 12.1 Å². The van der Waals surface area contributed by atoms with Gasteiger partial charge in [-0.2, -0.15) is 0 Å². The summed E-state index contributed by atoms with van der Waals surface area (Å²) in [5.74, 6) is -1.23. The molecular weight excluding hydrogens is 327 g/mol. The van der Waals surface area contributed by atoms with Crippen molar-refractivity contribution in [1.29, 1.82) is 0 Å². The maximum atomic E-state index is 13.8. The van der Waals surface area contributed by atoms with Crippen molar-refractivity contribution in [3.8, 4) is 0 Å². The minimum Gasteiger partial charge on any atom is -0.352 e. The molecule has 1 N–H and O–H groups in total. The van der Waals surface area contributed by atoms with Gasteiger partial charge in [0.25, 0.3) is 11.6 Å². The molecule has 0 saturated carbocycles. The molecule has 7 nitrogen and oxygen atoms in total. The maximum Gasteiger partial charge on any atom is 0.276 e. The first kappa shape index (κ1) is 19.3. The highest BCUT2D eigenvalue weighted by atomic mass is 19.1. The molecule has 8 heteroatoms. The SMILES string of the molecule is CCN1CCN(CCCNC(=O)c2cc(F)c(C)c([N+](=O)[O-])c2)CC1. The van der Waals surface area contributed by atoms with Gasteiger partial charge >= 0.3 is 0 Å². The summed E-state index contributed by atoms with van der Waals surface area (Å²) in [6.45, 7) is 10.1. The Hall–Kier alpha value is -2.06. The zero-order valence-corrected chi connectivity index (χ0v) is 14.8. The number of benzene rings is 1. The van der Waals surface area contributed by atoms with Crippen LogP contribution in [-0.4, -0.2) is 66.4 Å². The lowest BCUT2D eigenvalue weighted by Gasteiger charge is -2.33.